The second kappa shape index (κ2) is 12.2. The van der Waals surface area contributed by atoms with Gasteiger partial charge in [-0.05, 0) is 82.9 Å². The topological polar surface area (TPSA) is 118 Å². The highest BCUT2D eigenvalue weighted by atomic mass is 35.5. The van der Waals surface area contributed by atoms with E-state index < -0.39 is 23.7 Å². The first kappa shape index (κ1) is 27.9. The number of aromatic nitrogens is 4. The van der Waals surface area contributed by atoms with Crippen molar-refractivity contribution in [1.82, 2.24) is 25.1 Å². The predicted molar refractivity (Wildman–Crippen MR) is 149 cm³/mol. The number of nitrogens with zero attached hydrogens (tertiary/aromatic N) is 5. The van der Waals surface area contributed by atoms with E-state index in [4.69, 9.17) is 11.6 Å². The molecule has 1 fully saturated rings. The fourth-order valence-electron chi connectivity index (χ4n) is 5.19. The van der Waals surface area contributed by atoms with Crippen LogP contribution in [0.25, 0.3) is 11.8 Å². The molecule has 2 atom stereocenters. The van der Waals surface area contributed by atoms with Crippen LogP contribution >= 0.6 is 11.6 Å². The van der Waals surface area contributed by atoms with E-state index in [0.29, 0.717) is 46.8 Å². The van der Waals surface area contributed by atoms with Crippen molar-refractivity contribution < 1.29 is 23.9 Å². The molecule has 2 unspecified atom stereocenters. The summed E-state index contributed by atoms with van der Waals surface area (Å²) in [7, 11) is 0. The van der Waals surface area contributed by atoms with E-state index in [2.05, 4.69) is 15.5 Å². The van der Waals surface area contributed by atoms with Gasteiger partial charge < -0.3 is 10.0 Å². The minimum atomic E-state index is -1.06. The van der Waals surface area contributed by atoms with E-state index in [0.717, 1.165) is 0 Å². The SMILES string of the molecule is O=C(O)c1ccc(CC(=O)C2C(c3cccc(F)c3)CCCN2C(=O)/C=C/c2cc(Cl)ccc2-n2cnnn2)cc1. The molecule has 2 heterocycles. The summed E-state index contributed by atoms with van der Waals surface area (Å²) in [6.45, 7) is 0.346. The van der Waals surface area contributed by atoms with Crippen molar-refractivity contribution in [2.24, 2.45) is 0 Å². The fraction of sp³-hybridized carbons (Fsp3) is 0.200. The van der Waals surface area contributed by atoms with Gasteiger partial charge in [0, 0.05) is 35.5 Å². The van der Waals surface area contributed by atoms with Gasteiger partial charge in [-0.25, -0.2) is 9.18 Å². The molecule has 1 amide bonds. The first-order valence-electron chi connectivity index (χ1n) is 12.9. The monoisotopic (exact) mass is 573 g/mol. The average Bonchev–Trinajstić information content (AvgIpc) is 3.50. The Bertz CT molecular complexity index is 1610. The van der Waals surface area contributed by atoms with E-state index in [1.54, 1.807) is 48.5 Å². The van der Waals surface area contributed by atoms with E-state index in [9.17, 15) is 23.9 Å². The standard InChI is InChI=1S/C30H25ClFN5O4/c31-23-11-12-26(37-18-33-34-35-37)22(16-23)10-13-28(39)36-14-2-5-25(21-3-1-4-24(32)17-21)29(36)27(38)15-19-6-8-20(9-7-19)30(40)41/h1,3-4,6-13,16-18,25,29H,2,5,14-15H2,(H,40,41)/b13-10+. The van der Waals surface area contributed by atoms with Crippen molar-refractivity contribution >= 4 is 35.3 Å². The number of carbonyl (C=O) groups is 3. The van der Waals surface area contributed by atoms with Crippen LogP contribution in [0.3, 0.4) is 0 Å². The van der Waals surface area contributed by atoms with Gasteiger partial charge in [0.1, 0.15) is 12.1 Å². The summed E-state index contributed by atoms with van der Waals surface area (Å²) in [6.07, 6.45) is 5.63. The van der Waals surface area contributed by atoms with E-state index in [1.165, 1.54) is 46.3 Å². The van der Waals surface area contributed by atoms with Crippen LogP contribution in [-0.4, -0.2) is 60.5 Å². The highest BCUT2D eigenvalue weighted by Gasteiger charge is 2.39. The molecule has 1 aromatic heterocycles. The van der Waals surface area contributed by atoms with Gasteiger partial charge in [-0.1, -0.05) is 35.9 Å². The Balaban J connectivity index is 1.46. The quantitative estimate of drug-likeness (QED) is 0.302. The van der Waals surface area contributed by atoms with Crippen molar-refractivity contribution in [3.63, 3.8) is 0 Å². The van der Waals surface area contributed by atoms with Crippen molar-refractivity contribution in [2.75, 3.05) is 6.54 Å². The molecule has 0 radical (unpaired) electrons. The summed E-state index contributed by atoms with van der Waals surface area (Å²) in [5, 5.41) is 20.9. The molecule has 0 saturated carbocycles. The number of ketones is 1. The summed E-state index contributed by atoms with van der Waals surface area (Å²) in [4.78, 5) is 40.2. The third-order valence-electron chi connectivity index (χ3n) is 7.09. The van der Waals surface area contributed by atoms with Crippen LogP contribution in [0.1, 0.15) is 45.8 Å². The summed E-state index contributed by atoms with van der Waals surface area (Å²) in [5.74, 6) is -2.50. The number of hydrogen-bond donors (Lipinski definition) is 1. The number of carboxylic acids is 1. The van der Waals surface area contributed by atoms with Gasteiger partial charge in [0.2, 0.25) is 5.91 Å². The summed E-state index contributed by atoms with van der Waals surface area (Å²) < 4.78 is 15.6. The van der Waals surface area contributed by atoms with Crippen molar-refractivity contribution in [2.45, 2.75) is 31.2 Å². The first-order valence-corrected chi connectivity index (χ1v) is 13.3. The second-order valence-electron chi connectivity index (χ2n) is 9.72. The molecule has 0 spiro atoms. The maximum atomic E-state index is 14.2. The summed E-state index contributed by atoms with van der Waals surface area (Å²) >= 11 is 6.21. The first-order chi connectivity index (χ1) is 19.8. The van der Waals surface area contributed by atoms with Crippen LogP contribution in [0.15, 0.2) is 79.1 Å². The smallest absolute Gasteiger partial charge is 0.335 e. The molecule has 1 aliphatic rings. The van der Waals surface area contributed by atoms with Crippen molar-refractivity contribution in [1.29, 1.82) is 0 Å². The van der Waals surface area contributed by atoms with Crippen LogP contribution in [-0.2, 0) is 16.0 Å². The molecule has 0 aliphatic carbocycles. The molecule has 1 saturated heterocycles. The Morgan fingerprint density at radius 3 is 2.59 bits per heavy atom. The normalized spacial score (nSPS) is 17.1. The van der Waals surface area contributed by atoms with E-state index in [1.807, 2.05) is 0 Å². The zero-order valence-corrected chi connectivity index (χ0v) is 22.5. The molecular weight excluding hydrogens is 549 g/mol. The number of carboxylic acid groups (broad SMARTS) is 1. The third kappa shape index (κ3) is 6.38. The van der Waals surface area contributed by atoms with Crippen molar-refractivity contribution in [3.8, 4) is 5.69 Å². The molecule has 11 heteroatoms. The van der Waals surface area contributed by atoms with Gasteiger partial charge in [-0.2, -0.15) is 4.68 Å². The number of benzene rings is 3. The number of amides is 1. The highest BCUT2D eigenvalue weighted by molar-refractivity contribution is 6.30. The molecule has 5 rings (SSSR count). The minimum absolute atomic E-state index is 0.0123. The molecule has 41 heavy (non-hydrogen) atoms. The average molecular weight is 574 g/mol. The van der Waals surface area contributed by atoms with Crippen LogP contribution in [0.5, 0.6) is 0 Å². The van der Waals surface area contributed by atoms with Gasteiger partial charge >= 0.3 is 5.97 Å². The van der Waals surface area contributed by atoms with Gasteiger partial charge in [-0.15, -0.1) is 5.10 Å². The number of hydrogen-bond acceptors (Lipinski definition) is 6. The minimum Gasteiger partial charge on any atom is -0.478 e. The molecule has 0 bridgehead atoms. The number of halogens is 2. The maximum Gasteiger partial charge on any atom is 0.335 e. The molecule has 3 aromatic carbocycles. The zero-order valence-electron chi connectivity index (χ0n) is 21.7. The Hall–Kier alpha value is -4.70. The summed E-state index contributed by atoms with van der Waals surface area (Å²) in [6, 6.07) is 16.4. The van der Waals surface area contributed by atoms with Gasteiger partial charge in [0.25, 0.3) is 0 Å². The van der Waals surface area contributed by atoms with Crippen LogP contribution in [0.2, 0.25) is 5.02 Å². The Kier molecular flexibility index (Phi) is 8.30. The van der Waals surface area contributed by atoms with Gasteiger partial charge in [-0.3, -0.25) is 9.59 Å². The number of piperidine rings is 1. The lowest BCUT2D eigenvalue weighted by molar-refractivity contribution is -0.138. The lowest BCUT2D eigenvalue weighted by Crippen LogP contribution is -2.51. The second-order valence-corrected chi connectivity index (χ2v) is 10.2. The summed E-state index contributed by atoms with van der Waals surface area (Å²) in [5.41, 5.74) is 2.58. The predicted octanol–water partition coefficient (Wildman–Crippen LogP) is 4.75. The number of Topliss-reactive ketones (excluding diaryl/α,β-unsaturated/α-hetero) is 1. The lowest BCUT2D eigenvalue weighted by Gasteiger charge is -2.40. The zero-order chi connectivity index (χ0) is 28.9. The van der Waals surface area contributed by atoms with Crippen molar-refractivity contribution in [3.05, 3.63) is 112 Å². The highest BCUT2D eigenvalue weighted by Crippen LogP contribution is 2.35. The number of tetrazole rings is 1. The van der Waals surface area contributed by atoms with E-state index >= 15 is 0 Å². The largest absolute Gasteiger partial charge is 0.478 e. The number of aromatic carboxylic acids is 1. The van der Waals surface area contributed by atoms with Crippen LogP contribution in [0, 0.1) is 5.82 Å². The Labute approximate surface area is 239 Å². The lowest BCUT2D eigenvalue weighted by atomic mass is 9.80. The number of likely N-dealkylation sites (tertiary alicyclic amines) is 1. The maximum absolute atomic E-state index is 14.2. The molecule has 1 aliphatic heterocycles. The third-order valence-corrected chi connectivity index (χ3v) is 7.33. The van der Waals surface area contributed by atoms with Crippen LogP contribution in [0.4, 0.5) is 4.39 Å². The van der Waals surface area contributed by atoms with Gasteiger partial charge in [0.05, 0.1) is 17.3 Å². The van der Waals surface area contributed by atoms with Crippen LogP contribution < -0.4 is 0 Å². The Morgan fingerprint density at radius 1 is 1.07 bits per heavy atom. The number of carbonyl (C=O) groups excluding carboxylic acids is 2. The molecular formula is C30H25ClFN5O4. The molecule has 208 valence electrons. The van der Waals surface area contributed by atoms with E-state index in [-0.39, 0.29) is 23.7 Å². The number of rotatable bonds is 8. The van der Waals surface area contributed by atoms with Gasteiger partial charge in [0.15, 0.2) is 5.78 Å². The Morgan fingerprint density at radius 2 is 1.88 bits per heavy atom. The fourth-order valence-corrected chi connectivity index (χ4v) is 5.37. The molecule has 9 nitrogen and oxygen atoms in total. The molecule has 4 aromatic rings. The molecule has 1 N–H and O–H groups in total.